The standard InChI is InChI=1S/C13H12FNOS/c14-11-2-1-3-12(8-11)15-5-4-10(9-15)13-16-6-7-17-13/h1-5,8-9,13H,6-7H2. The summed E-state index contributed by atoms with van der Waals surface area (Å²) >= 11 is 1.80. The lowest BCUT2D eigenvalue weighted by Crippen LogP contribution is -1.93. The molecule has 1 aliphatic heterocycles. The van der Waals surface area contributed by atoms with Crippen molar-refractivity contribution in [2.45, 2.75) is 5.44 Å². The van der Waals surface area contributed by atoms with E-state index in [9.17, 15) is 4.39 Å². The molecule has 0 radical (unpaired) electrons. The average Bonchev–Trinajstić information content (AvgIpc) is 3.00. The zero-order valence-corrected chi connectivity index (χ0v) is 9.99. The van der Waals surface area contributed by atoms with Crippen molar-refractivity contribution in [1.29, 1.82) is 0 Å². The van der Waals surface area contributed by atoms with Gasteiger partial charge >= 0.3 is 0 Å². The molecule has 4 heteroatoms. The molecule has 0 saturated carbocycles. The topological polar surface area (TPSA) is 14.2 Å². The molecule has 88 valence electrons. The SMILES string of the molecule is Fc1cccc(-n2ccc(C3OCCS3)c2)c1. The molecule has 1 aromatic heterocycles. The van der Waals surface area contributed by atoms with Crippen LogP contribution in [0.1, 0.15) is 11.0 Å². The third-order valence-electron chi connectivity index (χ3n) is 2.72. The second kappa shape index (κ2) is 4.55. The highest BCUT2D eigenvalue weighted by Crippen LogP contribution is 2.35. The molecule has 0 aliphatic carbocycles. The van der Waals surface area contributed by atoms with Gasteiger partial charge in [0.15, 0.2) is 0 Å². The Morgan fingerprint density at radius 1 is 1.35 bits per heavy atom. The number of rotatable bonds is 2. The van der Waals surface area contributed by atoms with E-state index in [2.05, 4.69) is 0 Å². The van der Waals surface area contributed by atoms with Gasteiger partial charge in [-0.25, -0.2) is 4.39 Å². The van der Waals surface area contributed by atoms with Gasteiger partial charge in [-0.3, -0.25) is 0 Å². The molecule has 1 saturated heterocycles. The van der Waals surface area contributed by atoms with Gasteiger partial charge in [0, 0.05) is 29.4 Å². The summed E-state index contributed by atoms with van der Waals surface area (Å²) in [5.74, 6) is 0.819. The van der Waals surface area contributed by atoms with Gasteiger partial charge in [0.25, 0.3) is 0 Å². The zero-order chi connectivity index (χ0) is 11.7. The molecule has 3 rings (SSSR count). The summed E-state index contributed by atoms with van der Waals surface area (Å²) in [6, 6.07) is 8.59. The Morgan fingerprint density at radius 2 is 2.29 bits per heavy atom. The van der Waals surface area contributed by atoms with E-state index in [0.717, 1.165) is 23.6 Å². The van der Waals surface area contributed by atoms with E-state index in [-0.39, 0.29) is 11.3 Å². The van der Waals surface area contributed by atoms with Crippen LogP contribution in [0.15, 0.2) is 42.7 Å². The minimum atomic E-state index is -0.218. The summed E-state index contributed by atoms with van der Waals surface area (Å²) in [4.78, 5) is 0. The van der Waals surface area contributed by atoms with Crippen LogP contribution in [0.2, 0.25) is 0 Å². The molecule has 2 nitrogen and oxygen atoms in total. The monoisotopic (exact) mass is 249 g/mol. The summed E-state index contributed by atoms with van der Waals surface area (Å²) in [7, 11) is 0. The van der Waals surface area contributed by atoms with Crippen molar-refractivity contribution in [3.63, 3.8) is 0 Å². The van der Waals surface area contributed by atoms with Crippen LogP contribution in [-0.2, 0) is 4.74 Å². The van der Waals surface area contributed by atoms with E-state index >= 15 is 0 Å². The maximum atomic E-state index is 13.1. The Hall–Kier alpha value is -1.26. The lowest BCUT2D eigenvalue weighted by molar-refractivity contribution is 0.145. The first-order valence-corrected chi connectivity index (χ1v) is 6.55. The molecule has 1 atom stereocenters. The Bertz CT molecular complexity index is 520. The number of halogens is 1. The van der Waals surface area contributed by atoms with Gasteiger partial charge in [0.1, 0.15) is 11.3 Å². The second-order valence-electron chi connectivity index (χ2n) is 3.91. The number of hydrogen-bond acceptors (Lipinski definition) is 2. The van der Waals surface area contributed by atoms with Crippen LogP contribution in [0, 0.1) is 5.82 Å². The summed E-state index contributed by atoms with van der Waals surface area (Å²) < 4.78 is 20.6. The molecular formula is C13H12FNOS. The third-order valence-corrected chi connectivity index (χ3v) is 3.83. The van der Waals surface area contributed by atoms with Crippen molar-refractivity contribution in [1.82, 2.24) is 4.57 Å². The summed E-state index contributed by atoms with van der Waals surface area (Å²) in [6.07, 6.45) is 3.93. The molecule has 2 aromatic rings. The minimum Gasteiger partial charge on any atom is -0.362 e. The molecule has 0 spiro atoms. The minimum absolute atomic E-state index is 0.129. The van der Waals surface area contributed by atoms with Crippen LogP contribution >= 0.6 is 11.8 Å². The first kappa shape index (κ1) is 10.9. The van der Waals surface area contributed by atoms with E-state index in [0.29, 0.717) is 0 Å². The fourth-order valence-corrected chi connectivity index (χ4v) is 2.83. The van der Waals surface area contributed by atoms with Crippen LogP contribution < -0.4 is 0 Å². The van der Waals surface area contributed by atoms with Gasteiger partial charge in [-0.2, -0.15) is 0 Å². The number of nitrogens with zero attached hydrogens (tertiary/aromatic N) is 1. The van der Waals surface area contributed by atoms with Crippen LogP contribution in [0.3, 0.4) is 0 Å². The van der Waals surface area contributed by atoms with E-state index in [1.165, 1.54) is 12.1 Å². The highest BCUT2D eigenvalue weighted by molar-refractivity contribution is 7.99. The number of ether oxygens (including phenoxy) is 1. The van der Waals surface area contributed by atoms with Gasteiger partial charge in [-0.15, -0.1) is 11.8 Å². The van der Waals surface area contributed by atoms with Crippen molar-refractivity contribution >= 4 is 11.8 Å². The van der Waals surface area contributed by atoms with Crippen molar-refractivity contribution in [3.05, 3.63) is 54.1 Å². The van der Waals surface area contributed by atoms with Crippen LogP contribution in [-0.4, -0.2) is 16.9 Å². The molecule has 1 fully saturated rings. The average molecular weight is 249 g/mol. The van der Waals surface area contributed by atoms with E-state index < -0.39 is 0 Å². The normalized spacial score (nSPS) is 19.7. The lowest BCUT2D eigenvalue weighted by Gasteiger charge is -2.06. The molecule has 0 bridgehead atoms. The van der Waals surface area contributed by atoms with Crippen molar-refractivity contribution in [2.75, 3.05) is 12.4 Å². The molecule has 0 N–H and O–H groups in total. The summed E-state index contributed by atoms with van der Waals surface area (Å²) in [5, 5.41) is 0. The van der Waals surface area contributed by atoms with Gasteiger partial charge < -0.3 is 9.30 Å². The smallest absolute Gasteiger partial charge is 0.130 e. The van der Waals surface area contributed by atoms with Crippen molar-refractivity contribution < 1.29 is 9.13 Å². The third kappa shape index (κ3) is 2.23. The molecule has 17 heavy (non-hydrogen) atoms. The first-order chi connectivity index (χ1) is 8.33. The molecule has 2 heterocycles. The quantitative estimate of drug-likeness (QED) is 0.810. The van der Waals surface area contributed by atoms with Crippen LogP contribution in [0.4, 0.5) is 4.39 Å². The van der Waals surface area contributed by atoms with E-state index in [4.69, 9.17) is 4.74 Å². The Morgan fingerprint density at radius 3 is 3.06 bits per heavy atom. The highest BCUT2D eigenvalue weighted by Gasteiger charge is 2.19. The molecule has 1 unspecified atom stereocenters. The maximum absolute atomic E-state index is 13.1. The lowest BCUT2D eigenvalue weighted by atomic mass is 10.3. The number of hydrogen-bond donors (Lipinski definition) is 0. The highest BCUT2D eigenvalue weighted by atomic mass is 32.2. The first-order valence-electron chi connectivity index (χ1n) is 5.50. The van der Waals surface area contributed by atoms with Crippen LogP contribution in [0.5, 0.6) is 0 Å². The fourth-order valence-electron chi connectivity index (χ4n) is 1.90. The predicted octanol–water partition coefficient (Wildman–Crippen LogP) is 3.38. The van der Waals surface area contributed by atoms with Gasteiger partial charge in [0.05, 0.1) is 6.61 Å². The van der Waals surface area contributed by atoms with Gasteiger partial charge in [0.2, 0.25) is 0 Å². The maximum Gasteiger partial charge on any atom is 0.130 e. The molecule has 1 aliphatic rings. The Labute approximate surface area is 103 Å². The van der Waals surface area contributed by atoms with Crippen LogP contribution in [0.25, 0.3) is 5.69 Å². The largest absolute Gasteiger partial charge is 0.362 e. The fraction of sp³-hybridized carbons (Fsp3) is 0.231. The zero-order valence-electron chi connectivity index (χ0n) is 9.17. The van der Waals surface area contributed by atoms with Gasteiger partial charge in [-0.05, 0) is 24.3 Å². The number of aromatic nitrogens is 1. The molecule has 0 amide bonds. The Kier molecular flexibility index (Phi) is 2.91. The number of benzene rings is 1. The summed E-state index contributed by atoms with van der Waals surface area (Å²) in [6.45, 7) is 0.806. The van der Waals surface area contributed by atoms with Crippen molar-refractivity contribution in [2.24, 2.45) is 0 Å². The van der Waals surface area contributed by atoms with E-state index in [1.807, 2.05) is 29.1 Å². The van der Waals surface area contributed by atoms with Crippen molar-refractivity contribution in [3.8, 4) is 5.69 Å². The second-order valence-corrected chi connectivity index (χ2v) is 5.08. The van der Waals surface area contributed by atoms with E-state index in [1.54, 1.807) is 17.8 Å². The number of thioether (sulfide) groups is 1. The predicted molar refractivity (Wildman–Crippen MR) is 66.9 cm³/mol. The Balaban J connectivity index is 1.89. The summed E-state index contributed by atoms with van der Waals surface area (Å²) in [5.41, 5.74) is 2.10. The van der Waals surface area contributed by atoms with Gasteiger partial charge in [-0.1, -0.05) is 6.07 Å². The molecule has 1 aromatic carbocycles. The molecular weight excluding hydrogens is 237 g/mol.